The fraction of sp³-hybridized carbons (Fsp3) is 0.0625. The van der Waals surface area contributed by atoms with Crippen molar-refractivity contribution in [2.45, 2.75) is 11.4 Å². The van der Waals surface area contributed by atoms with Gasteiger partial charge < -0.3 is 0 Å². The maximum Gasteiger partial charge on any atom is 0.270 e. The molecular formula is C16H11BrCl2N4O4S. The van der Waals surface area contributed by atoms with Gasteiger partial charge in [-0.3, -0.25) is 19.5 Å². The van der Waals surface area contributed by atoms with Gasteiger partial charge >= 0.3 is 0 Å². The highest BCUT2D eigenvalue weighted by Gasteiger charge is 2.20. The first-order valence-electron chi connectivity index (χ1n) is 7.60. The third-order valence-electron chi connectivity index (χ3n) is 3.63. The van der Waals surface area contributed by atoms with Crippen LogP contribution >= 0.6 is 39.1 Å². The SMILES string of the molecule is O=[N+]([O-])c1cccc(S(=O)(=O)Nc2nn(Cc3ccc(Cl)cc3Cl)cc2Br)c1. The van der Waals surface area contributed by atoms with Crippen molar-refractivity contribution in [3.8, 4) is 0 Å². The second kappa shape index (κ2) is 8.08. The molecule has 2 aromatic carbocycles. The molecule has 0 unspecified atom stereocenters. The van der Waals surface area contributed by atoms with E-state index in [-0.39, 0.29) is 22.9 Å². The number of hydrogen-bond acceptors (Lipinski definition) is 5. The van der Waals surface area contributed by atoms with E-state index in [1.54, 1.807) is 24.4 Å². The summed E-state index contributed by atoms with van der Waals surface area (Å²) in [5.74, 6) is 0.0385. The first-order valence-corrected chi connectivity index (χ1v) is 10.6. The summed E-state index contributed by atoms with van der Waals surface area (Å²) in [6.45, 7) is 0.285. The Hall–Kier alpha value is -2.14. The van der Waals surface area contributed by atoms with Crippen molar-refractivity contribution in [2.24, 2.45) is 0 Å². The molecule has 0 radical (unpaired) electrons. The number of non-ortho nitro benzene ring substituents is 1. The summed E-state index contributed by atoms with van der Waals surface area (Å²) in [6.07, 6.45) is 1.58. The van der Waals surface area contributed by atoms with Crippen LogP contribution in [0.15, 0.2) is 58.0 Å². The van der Waals surface area contributed by atoms with E-state index in [1.807, 2.05) is 0 Å². The second-order valence-electron chi connectivity index (χ2n) is 5.62. The summed E-state index contributed by atoms with van der Waals surface area (Å²) in [5, 5.41) is 16.0. The van der Waals surface area contributed by atoms with E-state index in [2.05, 4.69) is 25.8 Å². The monoisotopic (exact) mass is 504 g/mol. The van der Waals surface area contributed by atoms with Crippen LogP contribution in [0.2, 0.25) is 10.0 Å². The smallest absolute Gasteiger partial charge is 0.265 e. The molecule has 12 heteroatoms. The zero-order chi connectivity index (χ0) is 20.5. The molecule has 3 aromatic rings. The molecule has 0 aliphatic heterocycles. The molecule has 0 spiro atoms. The molecule has 1 N–H and O–H groups in total. The van der Waals surface area contributed by atoms with Gasteiger partial charge in [0.2, 0.25) is 0 Å². The largest absolute Gasteiger partial charge is 0.270 e. The van der Waals surface area contributed by atoms with E-state index >= 15 is 0 Å². The number of rotatable bonds is 6. The maximum absolute atomic E-state index is 12.5. The number of benzene rings is 2. The lowest BCUT2D eigenvalue weighted by molar-refractivity contribution is -0.385. The Kier molecular flexibility index (Phi) is 5.94. The van der Waals surface area contributed by atoms with Crippen LogP contribution < -0.4 is 4.72 Å². The number of sulfonamides is 1. The van der Waals surface area contributed by atoms with E-state index < -0.39 is 14.9 Å². The van der Waals surface area contributed by atoms with E-state index in [1.165, 1.54) is 22.9 Å². The van der Waals surface area contributed by atoms with Gasteiger partial charge in [-0.15, -0.1) is 0 Å². The zero-order valence-electron chi connectivity index (χ0n) is 13.8. The number of halogens is 3. The predicted octanol–water partition coefficient (Wildman–Crippen LogP) is 4.71. The minimum absolute atomic E-state index is 0.0385. The lowest BCUT2D eigenvalue weighted by atomic mass is 10.2. The molecule has 0 atom stereocenters. The molecule has 146 valence electrons. The number of aromatic nitrogens is 2. The average molecular weight is 506 g/mol. The lowest BCUT2D eigenvalue weighted by Gasteiger charge is -2.07. The minimum atomic E-state index is -4.07. The topological polar surface area (TPSA) is 107 Å². The first kappa shape index (κ1) is 20.6. The van der Waals surface area contributed by atoms with Crippen molar-refractivity contribution in [2.75, 3.05) is 4.72 Å². The van der Waals surface area contributed by atoms with Crippen molar-refractivity contribution in [3.05, 3.63) is 78.9 Å². The Balaban J connectivity index is 1.85. The molecule has 0 bridgehead atoms. The second-order valence-corrected chi connectivity index (χ2v) is 9.00. The molecule has 0 fully saturated rings. The molecule has 8 nitrogen and oxygen atoms in total. The van der Waals surface area contributed by atoms with E-state index in [9.17, 15) is 18.5 Å². The molecule has 0 saturated carbocycles. The highest BCUT2D eigenvalue weighted by Crippen LogP contribution is 2.27. The van der Waals surface area contributed by atoms with Gasteiger partial charge in [0.25, 0.3) is 15.7 Å². The van der Waals surface area contributed by atoms with Gasteiger partial charge in [0.15, 0.2) is 5.82 Å². The van der Waals surface area contributed by atoms with Gasteiger partial charge in [-0.2, -0.15) is 5.10 Å². The van der Waals surface area contributed by atoms with Gasteiger partial charge in [-0.1, -0.05) is 35.3 Å². The van der Waals surface area contributed by atoms with Gasteiger partial charge in [-0.25, -0.2) is 8.42 Å². The maximum atomic E-state index is 12.5. The molecule has 28 heavy (non-hydrogen) atoms. The number of nitro benzene ring substituents is 1. The van der Waals surface area contributed by atoms with Crippen LogP contribution in [0.3, 0.4) is 0 Å². The van der Waals surface area contributed by atoms with Crippen LogP contribution in [0, 0.1) is 10.1 Å². The summed E-state index contributed by atoms with van der Waals surface area (Å²) in [6, 6.07) is 9.76. The zero-order valence-corrected chi connectivity index (χ0v) is 17.8. The summed E-state index contributed by atoms with van der Waals surface area (Å²) < 4.78 is 29.3. The molecular weight excluding hydrogens is 495 g/mol. The minimum Gasteiger partial charge on any atom is -0.265 e. The molecule has 0 amide bonds. The average Bonchev–Trinajstić information content (AvgIpc) is 2.96. The predicted molar refractivity (Wildman–Crippen MR) is 109 cm³/mol. The van der Waals surface area contributed by atoms with E-state index in [4.69, 9.17) is 23.2 Å². The van der Waals surface area contributed by atoms with Crippen LogP contribution in [-0.2, 0) is 16.6 Å². The third kappa shape index (κ3) is 4.64. The molecule has 1 heterocycles. The van der Waals surface area contributed by atoms with Crippen LogP contribution in [0.1, 0.15) is 5.56 Å². The number of nitrogens with zero attached hydrogens (tertiary/aromatic N) is 3. The van der Waals surface area contributed by atoms with Crippen molar-refractivity contribution in [3.63, 3.8) is 0 Å². The lowest BCUT2D eigenvalue weighted by Crippen LogP contribution is -2.14. The standard InChI is InChI=1S/C16H11BrCl2N4O4S/c17-14-9-22(8-10-4-5-11(18)6-15(10)19)20-16(14)21-28(26,27)13-3-1-2-12(7-13)23(24)25/h1-7,9H,8H2,(H,20,21). The van der Waals surface area contributed by atoms with Crippen LogP contribution in [-0.4, -0.2) is 23.1 Å². The van der Waals surface area contributed by atoms with Gasteiger partial charge in [0.1, 0.15) is 0 Å². The van der Waals surface area contributed by atoms with Gasteiger partial charge in [0.05, 0.1) is 20.8 Å². The number of nitro groups is 1. The third-order valence-corrected chi connectivity index (χ3v) is 6.14. The van der Waals surface area contributed by atoms with E-state index in [0.717, 1.165) is 11.6 Å². The molecule has 0 aliphatic rings. The molecule has 0 saturated heterocycles. The van der Waals surface area contributed by atoms with Crippen LogP contribution in [0.25, 0.3) is 0 Å². The first-order chi connectivity index (χ1) is 13.2. The van der Waals surface area contributed by atoms with Crippen molar-refractivity contribution >= 4 is 60.7 Å². The van der Waals surface area contributed by atoms with E-state index in [0.29, 0.717) is 14.5 Å². The highest BCUT2D eigenvalue weighted by molar-refractivity contribution is 9.10. The Bertz CT molecular complexity index is 1170. The van der Waals surface area contributed by atoms with Crippen molar-refractivity contribution < 1.29 is 13.3 Å². The van der Waals surface area contributed by atoms with Gasteiger partial charge in [0, 0.05) is 28.4 Å². The highest BCUT2D eigenvalue weighted by atomic mass is 79.9. The number of anilines is 1. The van der Waals surface area contributed by atoms with Crippen LogP contribution in [0.4, 0.5) is 11.5 Å². The number of hydrogen-bond donors (Lipinski definition) is 1. The summed E-state index contributed by atoms with van der Waals surface area (Å²) >= 11 is 15.3. The van der Waals surface area contributed by atoms with Gasteiger partial charge in [-0.05, 0) is 39.7 Å². The molecule has 0 aliphatic carbocycles. The fourth-order valence-electron chi connectivity index (χ4n) is 2.32. The summed E-state index contributed by atoms with van der Waals surface area (Å²) in [4.78, 5) is 9.95. The van der Waals surface area contributed by atoms with Crippen LogP contribution in [0.5, 0.6) is 0 Å². The summed E-state index contributed by atoms with van der Waals surface area (Å²) in [5.41, 5.74) is 0.416. The quantitative estimate of drug-likeness (QED) is 0.385. The number of nitrogens with one attached hydrogen (secondary N) is 1. The fourth-order valence-corrected chi connectivity index (χ4v) is 4.39. The van der Waals surface area contributed by atoms with Crippen molar-refractivity contribution in [1.29, 1.82) is 0 Å². The van der Waals surface area contributed by atoms with Crippen molar-refractivity contribution in [1.82, 2.24) is 9.78 Å². The molecule has 1 aromatic heterocycles. The summed E-state index contributed by atoms with van der Waals surface area (Å²) in [7, 11) is -4.07. The Labute approximate surface area is 178 Å². The molecule has 3 rings (SSSR count). The Morgan fingerprint density at radius 1 is 1.21 bits per heavy atom. The normalized spacial score (nSPS) is 11.4. The Morgan fingerprint density at radius 3 is 2.64 bits per heavy atom. The Morgan fingerprint density at radius 2 is 1.96 bits per heavy atom.